The number of carbonyl (C=O) groups is 1. The summed E-state index contributed by atoms with van der Waals surface area (Å²) in [5.41, 5.74) is 2.83. The van der Waals surface area contributed by atoms with Crippen molar-refractivity contribution in [2.24, 2.45) is 7.05 Å². The number of pyridine rings is 1. The van der Waals surface area contributed by atoms with E-state index >= 15 is 4.39 Å². The Hall–Kier alpha value is -3.40. The van der Waals surface area contributed by atoms with Crippen LogP contribution in [-0.2, 0) is 18.2 Å². The number of methoxy groups -OCH3 is 1. The number of hydrogen-bond donors (Lipinski definition) is 1. The first-order valence-corrected chi connectivity index (χ1v) is 13.0. The molecule has 1 amide bonds. The summed E-state index contributed by atoms with van der Waals surface area (Å²) in [6, 6.07) is 10.0. The monoisotopic (exact) mass is 536 g/mol. The number of fused-ring (bicyclic) bond motifs is 1. The van der Waals surface area contributed by atoms with Crippen molar-refractivity contribution in [2.75, 3.05) is 31.7 Å². The summed E-state index contributed by atoms with van der Waals surface area (Å²) in [6.45, 7) is 3.90. The van der Waals surface area contributed by atoms with Crippen LogP contribution in [0.3, 0.4) is 0 Å². The van der Waals surface area contributed by atoms with Crippen molar-refractivity contribution in [1.82, 2.24) is 25.3 Å². The van der Waals surface area contributed by atoms with E-state index in [1.807, 2.05) is 25.1 Å². The van der Waals surface area contributed by atoms with Crippen LogP contribution in [0.2, 0.25) is 5.02 Å². The van der Waals surface area contributed by atoms with Gasteiger partial charge in [0.25, 0.3) is 5.91 Å². The molecule has 10 heteroatoms. The van der Waals surface area contributed by atoms with Gasteiger partial charge in [-0.2, -0.15) is 0 Å². The van der Waals surface area contributed by atoms with E-state index in [0.717, 1.165) is 41.4 Å². The van der Waals surface area contributed by atoms with E-state index in [9.17, 15) is 4.79 Å². The van der Waals surface area contributed by atoms with E-state index in [1.54, 1.807) is 36.0 Å². The fraction of sp³-hybridized carbons (Fsp3) is 0.357. The van der Waals surface area contributed by atoms with Gasteiger partial charge in [0.1, 0.15) is 17.3 Å². The fourth-order valence-corrected chi connectivity index (χ4v) is 5.46. The molecule has 8 nitrogen and oxygen atoms in total. The lowest BCUT2D eigenvalue weighted by Crippen LogP contribution is -2.49. The molecule has 38 heavy (non-hydrogen) atoms. The summed E-state index contributed by atoms with van der Waals surface area (Å²) in [7, 11) is 3.41. The third kappa shape index (κ3) is 5.01. The number of piperidine rings is 1. The number of nitrogens with one attached hydrogen (secondary N) is 1. The van der Waals surface area contributed by atoms with Crippen molar-refractivity contribution in [1.29, 1.82) is 0 Å². The number of ether oxygens (including phenoxy) is 1. The number of aryl methyl sites for hydroxylation is 2. The molecule has 1 fully saturated rings. The Balaban J connectivity index is 1.57. The molecule has 0 radical (unpaired) electrons. The molecule has 2 aromatic heterocycles. The van der Waals surface area contributed by atoms with Gasteiger partial charge in [0.15, 0.2) is 0 Å². The van der Waals surface area contributed by atoms with Crippen LogP contribution in [-0.4, -0.2) is 58.7 Å². The van der Waals surface area contributed by atoms with Crippen LogP contribution >= 0.6 is 11.6 Å². The molecular weight excluding hydrogens is 507 g/mol. The molecule has 0 bridgehead atoms. The quantitative estimate of drug-likeness (QED) is 0.368. The zero-order valence-corrected chi connectivity index (χ0v) is 22.4. The molecule has 1 unspecified atom stereocenters. The van der Waals surface area contributed by atoms with E-state index in [0.29, 0.717) is 41.7 Å². The smallest absolute Gasteiger partial charge is 0.262 e. The first kappa shape index (κ1) is 26.2. The number of anilines is 1. The Morgan fingerprint density at radius 3 is 2.87 bits per heavy atom. The Kier molecular flexibility index (Phi) is 7.69. The first-order chi connectivity index (χ1) is 18.4. The highest BCUT2D eigenvalue weighted by Gasteiger charge is 2.32. The molecule has 5 rings (SSSR count). The highest BCUT2D eigenvalue weighted by atomic mass is 35.5. The average molecular weight is 537 g/mol. The third-order valence-corrected chi connectivity index (χ3v) is 7.27. The second-order valence-electron chi connectivity index (χ2n) is 9.58. The van der Waals surface area contributed by atoms with Gasteiger partial charge in [0, 0.05) is 49.3 Å². The van der Waals surface area contributed by atoms with Gasteiger partial charge in [-0.25, -0.2) is 9.37 Å². The summed E-state index contributed by atoms with van der Waals surface area (Å²) < 4.78 is 22.5. The number of rotatable bonds is 7. The minimum Gasteiger partial charge on any atom is -0.384 e. The maximum atomic E-state index is 15.7. The van der Waals surface area contributed by atoms with Crippen molar-refractivity contribution >= 4 is 34.1 Å². The van der Waals surface area contributed by atoms with Crippen LogP contribution < -0.4 is 10.2 Å². The van der Waals surface area contributed by atoms with E-state index in [1.165, 1.54) is 12.1 Å². The molecule has 198 valence electrons. The number of halogens is 2. The molecule has 3 heterocycles. The Morgan fingerprint density at radius 2 is 2.13 bits per heavy atom. The molecule has 1 aliphatic rings. The summed E-state index contributed by atoms with van der Waals surface area (Å²) in [4.78, 5) is 20.4. The Morgan fingerprint density at radius 1 is 1.29 bits per heavy atom. The summed E-state index contributed by atoms with van der Waals surface area (Å²) in [6.07, 6.45) is 3.93. The number of benzene rings is 2. The highest BCUT2D eigenvalue weighted by molar-refractivity contribution is 6.31. The van der Waals surface area contributed by atoms with E-state index in [2.05, 4.69) is 20.6 Å². The minimum atomic E-state index is -0.621. The molecule has 1 atom stereocenters. The van der Waals surface area contributed by atoms with E-state index in [-0.39, 0.29) is 11.6 Å². The second kappa shape index (κ2) is 11.1. The predicted molar refractivity (Wildman–Crippen MR) is 146 cm³/mol. The van der Waals surface area contributed by atoms with Crippen molar-refractivity contribution < 1.29 is 13.9 Å². The number of hydrogen-bond acceptors (Lipinski definition) is 6. The summed E-state index contributed by atoms with van der Waals surface area (Å²) >= 11 is 6.31. The molecule has 1 saturated heterocycles. The molecular formula is C28H30ClFN6O2. The first-order valence-electron chi connectivity index (χ1n) is 12.7. The third-order valence-electron chi connectivity index (χ3n) is 7.05. The zero-order chi connectivity index (χ0) is 26.8. The van der Waals surface area contributed by atoms with Gasteiger partial charge >= 0.3 is 0 Å². The SMILES string of the molecule is COCCc1c(-c2ccc(C(=O)N(c3nccc4cc(Cl)cc(C)c34)C3CCCNC3)c(F)c2)nnn1C. The molecule has 0 saturated carbocycles. The fourth-order valence-electron chi connectivity index (χ4n) is 5.18. The molecule has 2 aromatic carbocycles. The Labute approximate surface area is 225 Å². The van der Waals surface area contributed by atoms with Crippen LogP contribution in [0.4, 0.5) is 10.2 Å². The highest BCUT2D eigenvalue weighted by Crippen LogP contribution is 2.34. The standard InChI is InChI=1S/C28H30ClFN6O2/c1-17-13-20(29)14-18-8-11-32-27(25(17)18)36(21-5-4-10-31-16-21)28(37)22-7-6-19(15-23(22)30)26-24(9-12-38-3)35(2)34-33-26/h6-8,11,13-15,21,31H,4-5,9-10,12,16H2,1-3H3. The van der Waals surface area contributed by atoms with Gasteiger partial charge in [0.05, 0.1) is 23.9 Å². The number of aromatic nitrogens is 4. The topological polar surface area (TPSA) is 85.2 Å². The van der Waals surface area contributed by atoms with E-state index in [4.69, 9.17) is 16.3 Å². The maximum absolute atomic E-state index is 15.7. The minimum absolute atomic E-state index is 0.0212. The Bertz CT molecular complexity index is 1480. The van der Waals surface area contributed by atoms with Crippen molar-refractivity contribution in [3.63, 3.8) is 0 Å². The largest absolute Gasteiger partial charge is 0.384 e. The molecule has 4 aromatic rings. The second-order valence-corrected chi connectivity index (χ2v) is 10.0. The average Bonchev–Trinajstić information content (AvgIpc) is 3.27. The molecule has 0 spiro atoms. The summed E-state index contributed by atoms with van der Waals surface area (Å²) in [5, 5.41) is 14.0. The lowest BCUT2D eigenvalue weighted by atomic mass is 10.00. The van der Waals surface area contributed by atoms with Crippen molar-refractivity contribution in [2.45, 2.75) is 32.2 Å². The lowest BCUT2D eigenvalue weighted by Gasteiger charge is -2.35. The zero-order valence-electron chi connectivity index (χ0n) is 21.7. The number of amides is 1. The van der Waals surface area contributed by atoms with E-state index < -0.39 is 11.7 Å². The van der Waals surface area contributed by atoms with Crippen LogP contribution in [0.1, 0.15) is 34.5 Å². The molecule has 1 N–H and O–H groups in total. The van der Waals surface area contributed by atoms with Crippen LogP contribution in [0, 0.1) is 12.7 Å². The van der Waals surface area contributed by atoms with Crippen molar-refractivity contribution in [3.05, 3.63) is 70.3 Å². The predicted octanol–water partition coefficient (Wildman–Crippen LogP) is 4.72. The van der Waals surface area contributed by atoms with Gasteiger partial charge < -0.3 is 10.1 Å². The van der Waals surface area contributed by atoms with Gasteiger partial charge in [-0.3, -0.25) is 14.4 Å². The van der Waals surface area contributed by atoms with Crippen LogP contribution in [0.25, 0.3) is 22.0 Å². The lowest BCUT2D eigenvalue weighted by molar-refractivity contribution is 0.0968. The van der Waals surface area contributed by atoms with Gasteiger partial charge in [-0.1, -0.05) is 22.9 Å². The van der Waals surface area contributed by atoms with Gasteiger partial charge in [-0.15, -0.1) is 5.10 Å². The van der Waals surface area contributed by atoms with Gasteiger partial charge in [0.2, 0.25) is 0 Å². The maximum Gasteiger partial charge on any atom is 0.262 e. The normalized spacial score (nSPS) is 15.7. The summed E-state index contributed by atoms with van der Waals surface area (Å²) in [5.74, 6) is -0.546. The van der Waals surface area contributed by atoms with Gasteiger partial charge in [-0.05, 0) is 67.6 Å². The van der Waals surface area contributed by atoms with Crippen LogP contribution in [0.15, 0.2) is 42.6 Å². The molecule has 1 aliphatic heterocycles. The van der Waals surface area contributed by atoms with Crippen molar-refractivity contribution in [3.8, 4) is 11.3 Å². The van der Waals surface area contributed by atoms with Crippen LogP contribution in [0.5, 0.6) is 0 Å². The molecule has 0 aliphatic carbocycles. The number of carbonyl (C=O) groups excluding carboxylic acids is 1. The number of nitrogens with zero attached hydrogens (tertiary/aromatic N) is 5.